The van der Waals surface area contributed by atoms with Crippen molar-refractivity contribution < 1.29 is 4.52 Å². The van der Waals surface area contributed by atoms with Crippen LogP contribution >= 0.6 is 0 Å². The van der Waals surface area contributed by atoms with Gasteiger partial charge in [0.1, 0.15) is 5.82 Å². The van der Waals surface area contributed by atoms with Gasteiger partial charge in [-0.05, 0) is 25.7 Å². The molecule has 1 unspecified atom stereocenters. The van der Waals surface area contributed by atoms with Crippen molar-refractivity contribution in [1.29, 1.82) is 0 Å². The van der Waals surface area contributed by atoms with Crippen LogP contribution in [0, 0.1) is 5.92 Å². The highest BCUT2D eigenvalue weighted by Gasteiger charge is 2.30. The second-order valence-corrected chi connectivity index (χ2v) is 7.37. The molecule has 0 bridgehead atoms. The summed E-state index contributed by atoms with van der Waals surface area (Å²) in [6.07, 6.45) is 3.91. The molecule has 0 saturated heterocycles. The van der Waals surface area contributed by atoms with Crippen LogP contribution in [-0.4, -0.2) is 26.0 Å². The van der Waals surface area contributed by atoms with Crippen LogP contribution in [0.15, 0.2) is 10.7 Å². The standard InChI is InChI=1S/C16H25N5O/c1-10(2)8-16(4,5)15-19-13(20-22-15)12-9-17-21-7-6-11(3)18-14(12)21/h9-11,18H,6-8H2,1-5H3. The molecular weight excluding hydrogens is 278 g/mol. The molecule has 2 aromatic heterocycles. The highest BCUT2D eigenvalue weighted by atomic mass is 16.5. The lowest BCUT2D eigenvalue weighted by Crippen LogP contribution is -2.26. The van der Waals surface area contributed by atoms with Gasteiger partial charge in [-0.15, -0.1) is 0 Å². The van der Waals surface area contributed by atoms with E-state index in [9.17, 15) is 0 Å². The lowest BCUT2D eigenvalue weighted by Gasteiger charge is -2.23. The minimum absolute atomic E-state index is 0.118. The van der Waals surface area contributed by atoms with Gasteiger partial charge in [-0.25, -0.2) is 4.68 Å². The van der Waals surface area contributed by atoms with Crippen LogP contribution in [0.3, 0.4) is 0 Å². The minimum atomic E-state index is -0.118. The SMILES string of the molecule is CC(C)CC(C)(C)c1nc(-c2cnn3c2NC(C)CC3)no1. The molecule has 0 aliphatic carbocycles. The van der Waals surface area contributed by atoms with Crippen LogP contribution in [0.2, 0.25) is 0 Å². The fourth-order valence-corrected chi connectivity index (χ4v) is 3.21. The van der Waals surface area contributed by atoms with Crippen molar-refractivity contribution >= 4 is 5.82 Å². The third-order valence-electron chi connectivity index (χ3n) is 4.16. The average Bonchev–Trinajstić information content (AvgIpc) is 3.02. The zero-order valence-corrected chi connectivity index (χ0v) is 14.1. The Morgan fingerprint density at radius 1 is 1.45 bits per heavy atom. The summed E-state index contributed by atoms with van der Waals surface area (Å²) in [6.45, 7) is 11.8. The summed E-state index contributed by atoms with van der Waals surface area (Å²) in [5.41, 5.74) is 0.801. The predicted molar refractivity (Wildman–Crippen MR) is 85.7 cm³/mol. The maximum Gasteiger partial charge on any atom is 0.232 e. The molecule has 0 amide bonds. The molecule has 6 heteroatoms. The van der Waals surface area contributed by atoms with Crippen LogP contribution in [0.5, 0.6) is 0 Å². The lowest BCUT2D eigenvalue weighted by molar-refractivity contribution is 0.275. The molecule has 3 rings (SSSR count). The fraction of sp³-hybridized carbons (Fsp3) is 0.688. The van der Waals surface area contributed by atoms with Gasteiger partial charge in [-0.3, -0.25) is 0 Å². The number of hydrogen-bond donors (Lipinski definition) is 1. The normalized spacial score (nSPS) is 18.4. The molecular formula is C16H25N5O. The molecule has 1 aliphatic rings. The fourth-order valence-electron chi connectivity index (χ4n) is 3.21. The van der Waals surface area contributed by atoms with E-state index in [1.807, 2.05) is 10.9 Å². The van der Waals surface area contributed by atoms with E-state index >= 15 is 0 Å². The summed E-state index contributed by atoms with van der Waals surface area (Å²) in [5, 5.41) is 12.1. The first kappa shape index (κ1) is 15.1. The van der Waals surface area contributed by atoms with Gasteiger partial charge in [-0.1, -0.05) is 32.9 Å². The number of rotatable bonds is 4. The Labute approximate surface area is 131 Å². The minimum Gasteiger partial charge on any atom is -0.367 e. The smallest absolute Gasteiger partial charge is 0.232 e. The Kier molecular flexibility index (Phi) is 3.70. The van der Waals surface area contributed by atoms with E-state index in [1.54, 1.807) is 0 Å². The van der Waals surface area contributed by atoms with Gasteiger partial charge in [0, 0.05) is 18.0 Å². The molecule has 0 fully saturated rings. The second-order valence-electron chi connectivity index (χ2n) is 7.37. The maximum atomic E-state index is 5.55. The summed E-state index contributed by atoms with van der Waals surface area (Å²) in [4.78, 5) is 4.64. The Morgan fingerprint density at radius 2 is 2.23 bits per heavy atom. The maximum absolute atomic E-state index is 5.55. The number of aryl methyl sites for hydroxylation is 1. The largest absolute Gasteiger partial charge is 0.367 e. The highest BCUT2D eigenvalue weighted by molar-refractivity contribution is 5.70. The summed E-state index contributed by atoms with van der Waals surface area (Å²) in [6, 6.07) is 0.437. The number of nitrogens with one attached hydrogen (secondary N) is 1. The van der Waals surface area contributed by atoms with Crippen molar-refractivity contribution in [3.63, 3.8) is 0 Å². The van der Waals surface area contributed by atoms with Crippen molar-refractivity contribution in [3.8, 4) is 11.4 Å². The van der Waals surface area contributed by atoms with Crippen molar-refractivity contribution in [2.45, 2.75) is 65.5 Å². The van der Waals surface area contributed by atoms with Crippen LogP contribution in [-0.2, 0) is 12.0 Å². The van der Waals surface area contributed by atoms with Crippen LogP contribution in [0.1, 0.15) is 53.4 Å². The monoisotopic (exact) mass is 303 g/mol. The van der Waals surface area contributed by atoms with Crippen molar-refractivity contribution in [1.82, 2.24) is 19.9 Å². The third kappa shape index (κ3) is 2.74. The van der Waals surface area contributed by atoms with Crippen molar-refractivity contribution in [2.24, 2.45) is 5.92 Å². The second kappa shape index (κ2) is 5.41. The molecule has 120 valence electrons. The van der Waals surface area contributed by atoms with E-state index in [-0.39, 0.29) is 5.41 Å². The molecule has 1 N–H and O–H groups in total. The molecule has 0 saturated carbocycles. The third-order valence-corrected chi connectivity index (χ3v) is 4.16. The van der Waals surface area contributed by atoms with Gasteiger partial charge in [0.15, 0.2) is 0 Å². The Morgan fingerprint density at radius 3 is 2.95 bits per heavy atom. The van der Waals surface area contributed by atoms with E-state index in [2.05, 4.69) is 55.2 Å². The first-order valence-electron chi connectivity index (χ1n) is 8.04. The number of aromatic nitrogens is 4. The van der Waals surface area contributed by atoms with Gasteiger partial charge < -0.3 is 9.84 Å². The summed E-state index contributed by atoms with van der Waals surface area (Å²) < 4.78 is 7.52. The van der Waals surface area contributed by atoms with Gasteiger partial charge in [0.2, 0.25) is 11.7 Å². The molecule has 2 aromatic rings. The van der Waals surface area contributed by atoms with Gasteiger partial charge in [0.25, 0.3) is 0 Å². The summed E-state index contributed by atoms with van der Waals surface area (Å²) in [7, 11) is 0. The number of hydrogen-bond acceptors (Lipinski definition) is 5. The zero-order valence-electron chi connectivity index (χ0n) is 14.1. The van der Waals surface area contributed by atoms with E-state index in [1.165, 1.54) is 0 Å². The topological polar surface area (TPSA) is 68.8 Å². The van der Waals surface area contributed by atoms with E-state index in [4.69, 9.17) is 4.52 Å². The number of anilines is 1. The van der Waals surface area contributed by atoms with Gasteiger partial charge in [-0.2, -0.15) is 10.1 Å². The molecule has 0 spiro atoms. The summed E-state index contributed by atoms with van der Waals surface area (Å²) in [5.74, 6) is 2.89. The first-order valence-corrected chi connectivity index (χ1v) is 8.04. The Bertz CT molecular complexity index is 655. The van der Waals surface area contributed by atoms with Gasteiger partial charge in [0.05, 0.1) is 11.8 Å². The highest BCUT2D eigenvalue weighted by Crippen LogP contribution is 2.33. The molecule has 0 radical (unpaired) electrons. The molecule has 3 heterocycles. The Hall–Kier alpha value is -1.85. The zero-order chi connectivity index (χ0) is 15.9. The molecule has 22 heavy (non-hydrogen) atoms. The van der Waals surface area contributed by atoms with Crippen molar-refractivity contribution in [2.75, 3.05) is 5.32 Å². The lowest BCUT2D eigenvalue weighted by atomic mass is 9.84. The average molecular weight is 303 g/mol. The predicted octanol–water partition coefficient (Wildman–Crippen LogP) is 3.46. The van der Waals surface area contributed by atoms with Gasteiger partial charge >= 0.3 is 0 Å². The molecule has 1 atom stereocenters. The summed E-state index contributed by atoms with van der Waals surface area (Å²) >= 11 is 0. The van der Waals surface area contributed by atoms with E-state index in [0.717, 1.165) is 30.8 Å². The Balaban J connectivity index is 1.90. The van der Waals surface area contributed by atoms with Crippen LogP contribution < -0.4 is 5.32 Å². The number of nitrogens with zero attached hydrogens (tertiary/aromatic N) is 4. The first-order chi connectivity index (χ1) is 10.4. The molecule has 0 aromatic carbocycles. The quantitative estimate of drug-likeness (QED) is 0.936. The van der Waals surface area contributed by atoms with E-state index in [0.29, 0.717) is 23.7 Å². The van der Waals surface area contributed by atoms with Crippen LogP contribution in [0.4, 0.5) is 5.82 Å². The molecule has 1 aliphatic heterocycles. The van der Waals surface area contributed by atoms with Crippen molar-refractivity contribution in [3.05, 3.63) is 12.1 Å². The van der Waals surface area contributed by atoms with E-state index < -0.39 is 0 Å². The van der Waals surface area contributed by atoms with Crippen LogP contribution in [0.25, 0.3) is 11.4 Å². The number of fused-ring (bicyclic) bond motifs is 1. The molecule has 6 nitrogen and oxygen atoms in total.